The van der Waals surface area contributed by atoms with Crippen LogP contribution in [-0.2, 0) is 6.54 Å². The third kappa shape index (κ3) is 4.70. The highest BCUT2D eigenvalue weighted by Gasteiger charge is 2.30. The molecule has 7 nitrogen and oxygen atoms in total. The van der Waals surface area contributed by atoms with Gasteiger partial charge in [-0.1, -0.05) is 35.0 Å². The number of amides is 1. The topological polar surface area (TPSA) is 57.8 Å². The van der Waals surface area contributed by atoms with Crippen molar-refractivity contribution in [3.63, 3.8) is 0 Å². The Morgan fingerprint density at radius 1 is 1.06 bits per heavy atom. The number of piperidine rings is 1. The Hall–Kier alpha value is -2.65. The number of aromatic nitrogens is 2. The largest absolute Gasteiger partial charge is 0.355 e. The van der Waals surface area contributed by atoms with Crippen LogP contribution < -0.4 is 0 Å². The molecule has 0 unspecified atom stereocenters. The predicted molar refractivity (Wildman–Crippen MR) is 144 cm³/mol. The molecule has 3 aromatic heterocycles. The molecule has 0 N–H and O–H groups in total. The molecule has 2 saturated heterocycles. The summed E-state index contributed by atoms with van der Waals surface area (Å²) in [5.41, 5.74) is 2.50. The first kappa shape index (κ1) is 23.7. The van der Waals surface area contributed by atoms with E-state index in [9.17, 15) is 4.79 Å². The lowest BCUT2D eigenvalue weighted by Crippen LogP contribution is -2.54. The van der Waals surface area contributed by atoms with Crippen LogP contribution in [0.2, 0.25) is 4.34 Å². The minimum atomic E-state index is 0.0861. The van der Waals surface area contributed by atoms with Gasteiger partial charge >= 0.3 is 0 Å². The molecular formula is C27H30ClN5O2S. The van der Waals surface area contributed by atoms with Crippen molar-refractivity contribution >= 4 is 39.7 Å². The van der Waals surface area contributed by atoms with Gasteiger partial charge in [-0.05, 0) is 57.2 Å². The Bertz CT molecular complexity index is 1360. The number of fused-ring (bicyclic) bond motifs is 1. The number of nitrogens with zero attached hydrogens (tertiary/aromatic N) is 5. The third-order valence-electron chi connectivity index (χ3n) is 7.53. The summed E-state index contributed by atoms with van der Waals surface area (Å²) in [7, 11) is 2.20. The van der Waals surface area contributed by atoms with Gasteiger partial charge in [0.2, 0.25) is 0 Å². The molecule has 1 amide bonds. The van der Waals surface area contributed by atoms with Crippen LogP contribution in [0.4, 0.5) is 0 Å². The number of para-hydroxylation sites is 1. The van der Waals surface area contributed by atoms with Crippen LogP contribution in [-0.4, -0.2) is 82.7 Å². The maximum Gasteiger partial charge on any atom is 0.270 e. The summed E-state index contributed by atoms with van der Waals surface area (Å²) < 4.78 is 8.39. The second-order valence-corrected chi connectivity index (χ2v) is 11.5. The Kier molecular flexibility index (Phi) is 6.60. The fraction of sp³-hybridized carbons (Fsp3) is 0.407. The third-order valence-corrected chi connectivity index (χ3v) is 8.78. The Morgan fingerprint density at radius 3 is 2.58 bits per heavy atom. The van der Waals surface area contributed by atoms with Gasteiger partial charge in [-0.2, -0.15) is 0 Å². The van der Waals surface area contributed by atoms with Crippen molar-refractivity contribution in [3.05, 3.63) is 64.3 Å². The summed E-state index contributed by atoms with van der Waals surface area (Å²) in [5, 5.41) is 5.35. The summed E-state index contributed by atoms with van der Waals surface area (Å²) in [5.74, 6) is 0.777. The highest BCUT2D eigenvalue weighted by Crippen LogP contribution is 2.32. The Labute approximate surface area is 219 Å². The van der Waals surface area contributed by atoms with E-state index in [0.29, 0.717) is 28.4 Å². The zero-order valence-electron chi connectivity index (χ0n) is 20.4. The minimum absolute atomic E-state index is 0.0861. The van der Waals surface area contributed by atoms with E-state index < -0.39 is 0 Å². The second kappa shape index (κ2) is 10.0. The van der Waals surface area contributed by atoms with Crippen molar-refractivity contribution < 1.29 is 9.32 Å². The van der Waals surface area contributed by atoms with E-state index in [2.05, 4.69) is 38.7 Å². The van der Waals surface area contributed by atoms with Gasteiger partial charge in [0.15, 0.2) is 5.76 Å². The Morgan fingerprint density at radius 2 is 1.83 bits per heavy atom. The Balaban J connectivity index is 1.21. The number of likely N-dealkylation sites (tertiary alicyclic amines) is 1. The lowest BCUT2D eigenvalue weighted by molar-refractivity contribution is 0.0468. The number of rotatable bonds is 5. The highest BCUT2D eigenvalue weighted by atomic mass is 35.5. The van der Waals surface area contributed by atoms with Crippen LogP contribution in [0.1, 0.15) is 29.0 Å². The minimum Gasteiger partial charge on any atom is -0.355 e. The van der Waals surface area contributed by atoms with Crippen molar-refractivity contribution in [2.75, 3.05) is 46.3 Å². The second-order valence-electron chi connectivity index (χ2n) is 9.82. The van der Waals surface area contributed by atoms with Crippen LogP contribution in [0.15, 0.2) is 53.1 Å². The molecule has 9 heteroatoms. The molecule has 5 heterocycles. The highest BCUT2D eigenvalue weighted by molar-refractivity contribution is 7.19. The monoisotopic (exact) mass is 523 g/mol. The lowest BCUT2D eigenvalue weighted by Gasteiger charge is -2.42. The van der Waals surface area contributed by atoms with Gasteiger partial charge in [-0.25, -0.2) is 0 Å². The van der Waals surface area contributed by atoms with Crippen LogP contribution >= 0.6 is 22.9 Å². The van der Waals surface area contributed by atoms with Gasteiger partial charge in [-0.3, -0.25) is 9.69 Å². The van der Waals surface area contributed by atoms with E-state index in [-0.39, 0.29) is 5.91 Å². The molecule has 0 saturated carbocycles. The molecule has 2 fully saturated rings. The number of piperazine rings is 1. The molecule has 2 aliphatic rings. The van der Waals surface area contributed by atoms with E-state index in [1.165, 1.54) is 24.2 Å². The molecule has 0 radical (unpaired) electrons. The maximum atomic E-state index is 13.8. The van der Waals surface area contributed by atoms with E-state index in [0.717, 1.165) is 60.7 Å². The predicted octanol–water partition coefficient (Wildman–Crippen LogP) is 4.91. The number of hydrogen-bond donors (Lipinski definition) is 0. The van der Waals surface area contributed by atoms with E-state index in [1.54, 1.807) is 0 Å². The molecule has 188 valence electrons. The number of benzene rings is 1. The van der Waals surface area contributed by atoms with Gasteiger partial charge < -0.3 is 18.9 Å². The average Bonchev–Trinajstić information content (AvgIpc) is 3.63. The lowest BCUT2D eigenvalue weighted by atomic mass is 10.0. The first-order chi connectivity index (χ1) is 17.5. The zero-order valence-corrected chi connectivity index (χ0v) is 22.0. The van der Waals surface area contributed by atoms with E-state index >= 15 is 0 Å². The smallest absolute Gasteiger partial charge is 0.270 e. The van der Waals surface area contributed by atoms with Crippen molar-refractivity contribution in [1.82, 2.24) is 24.4 Å². The van der Waals surface area contributed by atoms with Crippen LogP contribution in [0, 0.1) is 0 Å². The molecule has 6 rings (SSSR count). The van der Waals surface area contributed by atoms with Gasteiger partial charge in [0.25, 0.3) is 5.91 Å². The normalized spacial score (nSPS) is 18.3. The van der Waals surface area contributed by atoms with Crippen LogP contribution in [0.5, 0.6) is 0 Å². The molecule has 0 spiro atoms. The molecule has 4 aromatic rings. The summed E-state index contributed by atoms with van der Waals surface area (Å²) in [6.45, 7) is 6.19. The number of halogens is 1. The molecule has 0 aliphatic carbocycles. The van der Waals surface area contributed by atoms with E-state index in [1.807, 2.05) is 41.3 Å². The molecule has 36 heavy (non-hydrogen) atoms. The van der Waals surface area contributed by atoms with Crippen LogP contribution in [0.3, 0.4) is 0 Å². The standard InChI is InChI=1S/C27H30ClN5O2S/c1-30-10-8-21(9-11-30)31-12-14-32(15-13-31)27(34)23-16-19-4-2-3-5-22(19)33(23)18-20-17-24(35-29-20)25-6-7-26(28)36-25/h2-7,16-17,21H,8-15,18H2,1H3. The summed E-state index contributed by atoms with van der Waals surface area (Å²) >= 11 is 7.55. The van der Waals surface area contributed by atoms with Gasteiger partial charge in [0.1, 0.15) is 11.4 Å². The average molecular weight is 524 g/mol. The van der Waals surface area contributed by atoms with Crippen molar-refractivity contribution in [3.8, 4) is 10.6 Å². The van der Waals surface area contributed by atoms with Crippen molar-refractivity contribution in [1.29, 1.82) is 0 Å². The summed E-state index contributed by atoms with van der Waals surface area (Å²) in [6, 6.07) is 16.5. The summed E-state index contributed by atoms with van der Waals surface area (Å²) in [4.78, 5) is 21.7. The van der Waals surface area contributed by atoms with Crippen molar-refractivity contribution in [2.24, 2.45) is 0 Å². The number of thiophene rings is 1. The fourth-order valence-corrected chi connectivity index (χ4v) is 6.47. The first-order valence-electron chi connectivity index (χ1n) is 12.6. The SMILES string of the molecule is CN1CCC(N2CCN(C(=O)c3cc4ccccc4n3Cc3cc(-c4ccc(Cl)s4)on3)CC2)CC1. The fourth-order valence-electron chi connectivity index (χ4n) is 5.48. The number of carbonyl (C=O) groups is 1. The summed E-state index contributed by atoms with van der Waals surface area (Å²) in [6.07, 6.45) is 2.44. The van der Waals surface area contributed by atoms with Crippen molar-refractivity contribution in [2.45, 2.75) is 25.4 Å². The van der Waals surface area contributed by atoms with Gasteiger partial charge in [-0.15, -0.1) is 11.3 Å². The molecular weight excluding hydrogens is 494 g/mol. The van der Waals surface area contributed by atoms with Crippen LogP contribution in [0.25, 0.3) is 21.5 Å². The number of hydrogen-bond acceptors (Lipinski definition) is 6. The quantitative estimate of drug-likeness (QED) is 0.372. The molecule has 0 bridgehead atoms. The molecule has 0 atom stereocenters. The zero-order chi connectivity index (χ0) is 24.6. The maximum absolute atomic E-state index is 13.8. The molecule has 2 aliphatic heterocycles. The number of carbonyl (C=O) groups excluding carboxylic acids is 1. The molecule has 1 aromatic carbocycles. The van der Waals surface area contributed by atoms with Gasteiger partial charge in [0, 0.05) is 49.2 Å². The van der Waals surface area contributed by atoms with E-state index in [4.69, 9.17) is 16.1 Å². The first-order valence-corrected chi connectivity index (χ1v) is 13.8. The van der Waals surface area contributed by atoms with Gasteiger partial charge in [0.05, 0.1) is 15.8 Å².